The fourth-order valence-corrected chi connectivity index (χ4v) is 1.96. The van der Waals surface area contributed by atoms with Crippen LogP contribution in [0.5, 0.6) is 0 Å². The lowest BCUT2D eigenvalue weighted by Gasteiger charge is -2.37. The number of rotatable bonds is 8. The van der Waals surface area contributed by atoms with E-state index in [2.05, 4.69) is 0 Å². The molecule has 0 aromatic rings. The molecule has 0 radical (unpaired) electrons. The van der Waals surface area contributed by atoms with Gasteiger partial charge in [0.2, 0.25) is 5.91 Å². The maximum Gasteiger partial charge on any atom is 0.222 e. The highest BCUT2D eigenvalue weighted by Gasteiger charge is 2.27. The van der Waals surface area contributed by atoms with Gasteiger partial charge >= 0.3 is 0 Å². The molecular weight excluding hydrogens is 206 g/mol. The first-order valence-corrected chi connectivity index (χ1v) is 6.19. The molecule has 1 aliphatic carbocycles. The first-order chi connectivity index (χ1) is 7.79. The van der Waals surface area contributed by atoms with E-state index in [1.165, 1.54) is 6.42 Å². The maximum atomic E-state index is 11.9. The van der Waals surface area contributed by atoms with Crippen LogP contribution in [0.25, 0.3) is 0 Å². The maximum absolute atomic E-state index is 11.9. The molecule has 0 atom stereocenters. The third kappa shape index (κ3) is 4.10. The lowest BCUT2D eigenvalue weighted by atomic mass is 9.91. The second-order valence-corrected chi connectivity index (χ2v) is 4.35. The number of amides is 1. The first-order valence-electron chi connectivity index (χ1n) is 6.19. The Labute approximate surface area is 97.6 Å². The second-order valence-electron chi connectivity index (χ2n) is 4.35. The molecule has 0 bridgehead atoms. The molecule has 0 saturated heterocycles. The van der Waals surface area contributed by atoms with Crippen molar-refractivity contribution in [1.29, 1.82) is 0 Å². The summed E-state index contributed by atoms with van der Waals surface area (Å²) in [5.74, 6) is 0.218. The number of nitrogens with zero attached hydrogens (tertiary/aromatic N) is 1. The van der Waals surface area contributed by atoms with E-state index in [4.69, 9.17) is 9.84 Å². The Morgan fingerprint density at radius 2 is 2.19 bits per heavy atom. The zero-order valence-electron chi connectivity index (χ0n) is 10.2. The van der Waals surface area contributed by atoms with Crippen LogP contribution in [0.15, 0.2) is 0 Å². The van der Waals surface area contributed by atoms with Gasteiger partial charge in [-0.25, -0.2) is 0 Å². The number of carbonyl (C=O) groups excluding carboxylic acids is 1. The van der Waals surface area contributed by atoms with Crippen molar-refractivity contribution < 1.29 is 14.6 Å². The van der Waals surface area contributed by atoms with Crippen LogP contribution in [0.3, 0.4) is 0 Å². The van der Waals surface area contributed by atoms with Gasteiger partial charge in [-0.1, -0.05) is 0 Å². The van der Waals surface area contributed by atoms with Crippen molar-refractivity contribution in [2.45, 2.75) is 44.6 Å². The summed E-state index contributed by atoms with van der Waals surface area (Å²) in [4.78, 5) is 13.9. The largest absolute Gasteiger partial charge is 0.396 e. The Morgan fingerprint density at radius 1 is 1.44 bits per heavy atom. The third-order valence-electron chi connectivity index (χ3n) is 3.13. The summed E-state index contributed by atoms with van der Waals surface area (Å²) < 4.78 is 4.94. The number of ether oxygens (including phenoxy) is 1. The van der Waals surface area contributed by atoms with Gasteiger partial charge in [-0.2, -0.15) is 0 Å². The lowest BCUT2D eigenvalue weighted by Crippen LogP contribution is -2.44. The molecule has 1 aliphatic rings. The average Bonchev–Trinajstić information content (AvgIpc) is 2.21. The summed E-state index contributed by atoms with van der Waals surface area (Å²) >= 11 is 0. The van der Waals surface area contributed by atoms with Gasteiger partial charge in [0, 0.05) is 39.3 Å². The zero-order valence-corrected chi connectivity index (χ0v) is 10.2. The third-order valence-corrected chi connectivity index (χ3v) is 3.13. The number of methoxy groups -OCH3 is 1. The van der Waals surface area contributed by atoms with E-state index in [9.17, 15) is 4.79 Å². The molecule has 1 N–H and O–H groups in total. The molecule has 16 heavy (non-hydrogen) atoms. The highest BCUT2D eigenvalue weighted by atomic mass is 16.5. The van der Waals surface area contributed by atoms with E-state index in [-0.39, 0.29) is 12.5 Å². The minimum absolute atomic E-state index is 0.161. The van der Waals surface area contributed by atoms with Gasteiger partial charge in [0.1, 0.15) is 0 Å². The van der Waals surface area contributed by atoms with Gasteiger partial charge in [0.15, 0.2) is 0 Å². The minimum Gasteiger partial charge on any atom is -0.396 e. The minimum atomic E-state index is 0.161. The summed E-state index contributed by atoms with van der Waals surface area (Å²) in [7, 11) is 1.65. The van der Waals surface area contributed by atoms with Crippen LogP contribution in [0.1, 0.15) is 38.5 Å². The van der Waals surface area contributed by atoms with Crippen LogP contribution < -0.4 is 0 Å². The molecule has 1 amide bonds. The van der Waals surface area contributed by atoms with Crippen LogP contribution in [0.2, 0.25) is 0 Å². The summed E-state index contributed by atoms with van der Waals surface area (Å²) in [5, 5.41) is 8.83. The molecule has 0 aliphatic heterocycles. The molecule has 94 valence electrons. The van der Waals surface area contributed by atoms with Gasteiger partial charge in [0.05, 0.1) is 0 Å². The van der Waals surface area contributed by atoms with Crippen molar-refractivity contribution in [2.75, 3.05) is 26.9 Å². The smallest absolute Gasteiger partial charge is 0.222 e. The van der Waals surface area contributed by atoms with Crippen molar-refractivity contribution >= 4 is 5.91 Å². The van der Waals surface area contributed by atoms with E-state index in [1.807, 2.05) is 4.90 Å². The molecule has 0 unspecified atom stereocenters. The highest BCUT2D eigenvalue weighted by molar-refractivity contribution is 5.76. The van der Waals surface area contributed by atoms with Crippen LogP contribution in [-0.4, -0.2) is 48.8 Å². The molecule has 0 heterocycles. The predicted molar refractivity (Wildman–Crippen MR) is 62.2 cm³/mol. The Balaban J connectivity index is 2.31. The molecule has 0 spiro atoms. The van der Waals surface area contributed by atoms with E-state index < -0.39 is 0 Å². The fraction of sp³-hybridized carbons (Fsp3) is 0.917. The molecule has 4 nitrogen and oxygen atoms in total. The Morgan fingerprint density at radius 3 is 2.69 bits per heavy atom. The second kappa shape index (κ2) is 7.63. The predicted octanol–water partition coefficient (Wildman–Crippen LogP) is 1.18. The van der Waals surface area contributed by atoms with Gasteiger partial charge in [-0.05, 0) is 32.1 Å². The van der Waals surface area contributed by atoms with E-state index in [0.717, 1.165) is 19.3 Å². The van der Waals surface area contributed by atoms with Crippen molar-refractivity contribution in [1.82, 2.24) is 4.90 Å². The van der Waals surface area contributed by atoms with Crippen molar-refractivity contribution in [3.8, 4) is 0 Å². The number of aliphatic hydroxyl groups excluding tert-OH is 1. The van der Waals surface area contributed by atoms with E-state index in [1.54, 1.807) is 7.11 Å². The monoisotopic (exact) mass is 229 g/mol. The van der Waals surface area contributed by atoms with Crippen molar-refractivity contribution in [3.63, 3.8) is 0 Å². The average molecular weight is 229 g/mol. The van der Waals surface area contributed by atoms with E-state index >= 15 is 0 Å². The number of carbonyl (C=O) groups is 1. The molecule has 4 heteroatoms. The fourth-order valence-electron chi connectivity index (χ4n) is 1.96. The summed E-state index contributed by atoms with van der Waals surface area (Å²) in [5.41, 5.74) is 0. The Hall–Kier alpha value is -0.610. The molecule has 1 fully saturated rings. The van der Waals surface area contributed by atoms with Gasteiger partial charge in [0.25, 0.3) is 0 Å². The standard InChI is InChI=1S/C12H23NO3/c1-16-10-3-7-12(15)13(8-4-9-14)11-5-2-6-11/h11,14H,2-10H2,1H3. The van der Waals surface area contributed by atoms with Crippen LogP contribution >= 0.6 is 0 Å². The molecule has 0 aromatic carbocycles. The summed E-state index contributed by atoms with van der Waals surface area (Å²) in [6, 6.07) is 0.432. The first kappa shape index (κ1) is 13.5. The number of hydrogen-bond donors (Lipinski definition) is 1. The zero-order chi connectivity index (χ0) is 11.8. The Bertz CT molecular complexity index is 204. The van der Waals surface area contributed by atoms with Gasteiger partial charge < -0.3 is 14.7 Å². The van der Waals surface area contributed by atoms with Crippen LogP contribution in [0, 0.1) is 0 Å². The van der Waals surface area contributed by atoms with Gasteiger partial charge in [-0.15, -0.1) is 0 Å². The molecular formula is C12H23NO3. The van der Waals surface area contributed by atoms with Gasteiger partial charge in [-0.3, -0.25) is 4.79 Å². The SMILES string of the molecule is COCCCC(=O)N(CCCO)C1CCC1. The highest BCUT2D eigenvalue weighted by Crippen LogP contribution is 2.25. The van der Waals surface area contributed by atoms with Crippen molar-refractivity contribution in [3.05, 3.63) is 0 Å². The number of hydrogen-bond acceptors (Lipinski definition) is 3. The topological polar surface area (TPSA) is 49.8 Å². The summed E-state index contributed by atoms with van der Waals surface area (Å²) in [6.45, 7) is 1.51. The molecule has 1 rings (SSSR count). The Kier molecular flexibility index (Phi) is 6.42. The van der Waals surface area contributed by atoms with Crippen LogP contribution in [-0.2, 0) is 9.53 Å². The van der Waals surface area contributed by atoms with Crippen LogP contribution in [0.4, 0.5) is 0 Å². The normalized spacial score (nSPS) is 15.9. The molecule has 0 aromatic heterocycles. The number of aliphatic hydroxyl groups is 1. The lowest BCUT2D eigenvalue weighted by molar-refractivity contribution is -0.135. The molecule has 1 saturated carbocycles. The van der Waals surface area contributed by atoms with Crippen molar-refractivity contribution in [2.24, 2.45) is 0 Å². The quantitative estimate of drug-likeness (QED) is 0.636. The van der Waals surface area contributed by atoms with E-state index in [0.29, 0.717) is 32.0 Å². The summed E-state index contributed by atoms with van der Waals surface area (Å²) in [6.07, 6.45) is 5.52.